The number of rotatable bonds is 76. The lowest BCUT2D eigenvalue weighted by molar-refractivity contribution is -0.870. The third kappa shape index (κ3) is 82.8. The first-order valence-corrected chi connectivity index (χ1v) is 43.1. The molecule has 0 aromatic rings. The van der Waals surface area contributed by atoms with E-state index in [0.29, 0.717) is 17.4 Å². The van der Waals surface area contributed by atoms with Gasteiger partial charge >= 0.3 is 19.8 Å². The summed E-state index contributed by atoms with van der Waals surface area (Å²) < 4.78 is 34.9. The second-order valence-corrected chi connectivity index (χ2v) is 30.2. The van der Waals surface area contributed by atoms with Crippen LogP contribution in [-0.2, 0) is 32.7 Å². The minimum Gasteiger partial charge on any atom is -0.462 e. The molecule has 0 bridgehead atoms. The van der Waals surface area contributed by atoms with Gasteiger partial charge in [-0.3, -0.25) is 18.6 Å². The minimum atomic E-state index is -4.40. The molecule has 0 rings (SSSR count). The van der Waals surface area contributed by atoms with E-state index in [0.717, 1.165) is 116 Å². The number of nitrogens with zero attached hydrogens (tertiary/aromatic N) is 1. The number of unbranched alkanes of at least 4 members (excludes halogenated alkanes) is 38. The number of phosphoric ester groups is 1. The first-order chi connectivity index (χ1) is 49.0. The Balaban J connectivity index is 3.94. The number of hydrogen-bond acceptors (Lipinski definition) is 7. The Hall–Kier alpha value is -4.11. The van der Waals surface area contributed by atoms with Crippen LogP contribution in [0.4, 0.5) is 0 Å². The van der Waals surface area contributed by atoms with E-state index in [1.165, 1.54) is 212 Å². The molecule has 9 nitrogen and oxygen atoms in total. The number of likely N-dealkylation sites (N-methyl/N-ethyl adjacent to an activating group) is 1. The molecule has 0 radical (unpaired) electrons. The molecule has 0 aliphatic heterocycles. The fourth-order valence-electron chi connectivity index (χ4n) is 11.6. The van der Waals surface area contributed by atoms with Crippen LogP contribution in [0.15, 0.2) is 146 Å². The van der Waals surface area contributed by atoms with Gasteiger partial charge in [0.2, 0.25) is 0 Å². The first-order valence-electron chi connectivity index (χ1n) is 41.6. The van der Waals surface area contributed by atoms with Crippen LogP contribution in [0.2, 0.25) is 0 Å². The van der Waals surface area contributed by atoms with E-state index < -0.39 is 26.5 Å². The summed E-state index contributed by atoms with van der Waals surface area (Å²) in [6.07, 6.45) is 117. The molecule has 0 aromatic heterocycles. The summed E-state index contributed by atoms with van der Waals surface area (Å²) in [4.78, 5) is 36.0. The van der Waals surface area contributed by atoms with Gasteiger partial charge in [0.25, 0.3) is 0 Å². The maximum absolute atomic E-state index is 12.9. The fourth-order valence-corrected chi connectivity index (χ4v) is 12.4. The highest BCUT2D eigenvalue weighted by atomic mass is 31.2. The van der Waals surface area contributed by atoms with Crippen molar-refractivity contribution in [2.45, 2.75) is 367 Å². The van der Waals surface area contributed by atoms with Crippen LogP contribution in [0, 0.1) is 0 Å². The summed E-state index contributed by atoms with van der Waals surface area (Å²) in [6, 6.07) is 0. The molecule has 0 saturated heterocycles. The Morgan fingerprint density at radius 2 is 0.540 bits per heavy atom. The van der Waals surface area contributed by atoms with Crippen molar-refractivity contribution in [3.05, 3.63) is 146 Å². The fraction of sp³-hybridized carbons (Fsp3) is 0.711. The van der Waals surface area contributed by atoms with Crippen molar-refractivity contribution in [3.63, 3.8) is 0 Å². The number of esters is 2. The van der Waals surface area contributed by atoms with Crippen molar-refractivity contribution < 1.29 is 42.1 Å². The molecule has 0 aromatic carbocycles. The maximum atomic E-state index is 12.9. The van der Waals surface area contributed by atoms with Gasteiger partial charge in [0.05, 0.1) is 27.7 Å². The summed E-state index contributed by atoms with van der Waals surface area (Å²) in [5.41, 5.74) is 0. The lowest BCUT2D eigenvalue weighted by Crippen LogP contribution is -2.37. The molecule has 2 atom stereocenters. The zero-order chi connectivity index (χ0) is 72.5. The van der Waals surface area contributed by atoms with Crippen LogP contribution >= 0.6 is 7.82 Å². The number of carbonyl (C=O) groups is 2. The topological polar surface area (TPSA) is 108 Å². The third-order valence-corrected chi connectivity index (χ3v) is 18.8. The highest BCUT2D eigenvalue weighted by molar-refractivity contribution is 7.47. The van der Waals surface area contributed by atoms with Crippen molar-refractivity contribution in [1.82, 2.24) is 0 Å². The molecule has 0 saturated carbocycles. The first kappa shape index (κ1) is 95.9. The molecule has 100 heavy (non-hydrogen) atoms. The number of allylic oxidation sites excluding steroid dienone is 24. The van der Waals surface area contributed by atoms with Crippen LogP contribution < -0.4 is 0 Å². The number of ether oxygens (including phenoxy) is 2. The molecule has 574 valence electrons. The summed E-state index contributed by atoms with van der Waals surface area (Å²) in [7, 11) is 1.48. The highest BCUT2D eigenvalue weighted by Gasteiger charge is 2.27. The van der Waals surface area contributed by atoms with Crippen molar-refractivity contribution in [3.8, 4) is 0 Å². The van der Waals surface area contributed by atoms with Crippen molar-refractivity contribution in [2.24, 2.45) is 0 Å². The molecule has 10 heteroatoms. The van der Waals surface area contributed by atoms with Crippen LogP contribution in [0.1, 0.15) is 361 Å². The zero-order valence-corrected chi connectivity index (χ0v) is 66.5. The largest absolute Gasteiger partial charge is 0.472 e. The lowest BCUT2D eigenvalue weighted by atomic mass is 10.0. The van der Waals surface area contributed by atoms with E-state index in [1.807, 2.05) is 21.1 Å². The summed E-state index contributed by atoms with van der Waals surface area (Å²) >= 11 is 0. The molecule has 0 amide bonds. The normalized spacial score (nSPS) is 13.8. The van der Waals surface area contributed by atoms with E-state index in [4.69, 9.17) is 18.5 Å². The molecule has 0 aliphatic rings. The summed E-state index contributed by atoms with van der Waals surface area (Å²) in [5.74, 6) is -0.789. The Labute approximate surface area is 618 Å². The van der Waals surface area contributed by atoms with E-state index in [-0.39, 0.29) is 32.0 Å². The Bertz CT molecular complexity index is 2210. The quantitative estimate of drug-likeness (QED) is 0.0211. The van der Waals surface area contributed by atoms with Crippen LogP contribution in [-0.4, -0.2) is 74.9 Å². The van der Waals surface area contributed by atoms with Gasteiger partial charge in [-0.1, -0.05) is 378 Å². The van der Waals surface area contributed by atoms with Crippen molar-refractivity contribution in [2.75, 3.05) is 47.5 Å². The van der Waals surface area contributed by atoms with E-state index in [1.54, 1.807) is 0 Å². The molecular formula is C90H157NO8P+. The van der Waals surface area contributed by atoms with Gasteiger partial charge in [0, 0.05) is 12.8 Å². The monoisotopic (exact) mass is 1410 g/mol. The van der Waals surface area contributed by atoms with Gasteiger partial charge in [0.1, 0.15) is 19.8 Å². The SMILES string of the molecule is CC/C=C\C/C=C\C/C=C\C/C=C\C/C=C\C/C=C\C/C=C\CCCCCCCCCCCCCCCC(=O)OC(COC(=O)CCCCCCCCCCCCCCCCCCCCCCCCCCC/C=C\C/C=C\C/C=C\C/C=C\C/C=C\CC)COP(=O)(O)OCC[N+](C)(C)C. The van der Waals surface area contributed by atoms with E-state index in [9.17, 15) is 19.0 Å². The Morgan fingerprint density at radius 1 is 0.310 bits per heavy atom. The number of hydrogen-bond donors (Lipinski definition) is 1. The van der Waals surface area contributed by atoms with Crippen LogP contribution in [0.25, 0.3) is 0 Å². The second kappa shape index (κ2) is 79.0. The molecule has 0 heterocycles. The van der Waals surface area contributed by atoms with Crippen LogP contribution in [0.3, 0.4) is 0 Å². The van der Waals surface area contributed by atoms with Gasteiger partial charge in [-0.15, -0.1) is 0 Å². The molecule has 0 fully saturated rings. The predicted molar refractivity (Wildman–Crippen MR) is 436 cm³/mol. The van der Waals surface area contributed by atoms with Gasteiger partial charge in [-0.05, 0) is 116 Å². The average molecular weight is 1410 g/mol. The predicted octanol–water partition coefficient (Wildman–Crippen LogP) is 28.1. The van der Waals surface area contributed by atoms with Crippen molar-refractivity contribution >= 4 is 19.8 Å². The number of phosphoric acid groups is 1. The van der Waals surface area contributed by atoms with Gasteiger partial charge in [0.15, 0.2) is 6.10 Å². The number of carbonyl (C=O) groups excluding carboxylic acids is 2. The third-order valence-electron chi connectivity index (χ3n) is 17.9. The lowest BCUT2D eigenvalue weighted by Gasteiger charge is -2.24. The summed E-state index contributed by atoms with van der Waals surface area (Å²) in [5, 5.41) is 0. The number of quaternary nitrogens is 1. The maximum Gasteiger partial charge on any atom is 0.472 e. The van der Waals surface area contributed by atoms with Gasteiger partial charge in [-0.2, -0.15) is 0 Å². The smallest absolute Gasteiger partial charge is 0.462 e. The average Bonchev–Trinajstić information content (AvgIpc) is 1.65. The Kier molecular flexibility index (Phi) is 75.8. The highest BCUT2D eigenvalue weighted by Crippen LogP contribution is 2.43. The summed E-state index contributed by atoms with van der Waals surface area (Å²) in [6.45, 7) is 4.24. The van der Waals surface area contributed by atoms with Crippen LogP contribution in [0.5, 0.6) is 0 Å². The minimum absolute atomic E-state index is 0.0284. The zero-order valence-electron chi connectivity index (χ0n) is 65.6. The van der Waals surface area contributed by atoms with Gasteiger partial charge < -0.3 is 18.9 Å². The van der Waals surface area contributed by atoms with Gasteiger partial charge in [-0.25, -0.2) is 4.57 Å². The molecule has 2 unspecified atom stereocenters. The standard InChI is InChI=1S/C90H156NO8P/c1-6-8-10-12-14-16-18-20-22-24-26-28-30-32-34-36-38-40-42-43-44-45-46-47-49-50-52-54-56-58-60-62-64-66-68-70-72-74-76-78-80-82-89(92)96-86-88(87-98-100(94,95)97-85-84-91(3,4)5)99-90(93)83-81-79-77-75-73-71-69-67-65-63-61-59-57-55-53-51-48-41-39-37-35-33-31-29-27-25-23-21-19-17-15-13-11-9-7-2/h8-11,14-17,20-23,26-29,32-35,39,41,51,53,88H,6-7,12-13,18-19,24-25,30-31,36-38,40,42-50,52,54-87H2,1-5H3/p+1/b10-8-,11-9-,16-14-,17-15-,22-20-,23-21-,28-26-,29-27-,34-32-,35-33-,41-39-,53-51-. The molecule has 1 N–H and O–H groups in total. The molecular weight excluding hydrogens is 1250 g/mol. The second-order valence-electron chi connectivity index (χ2n) is 28.7. The van der Waals surface area contributed by atoms with E-state index >= 15 is 0 Å². The Morgan fingerprint density at radius 3 is 0.800 bits per heavy atom. The molecule has 0 spiro atoms. The molecule has 0 aliphatic carbocycles. The van der Waals surface area contributed by atoms with E-state index in [2.05, 4.69) is 160 Å². The van der Waals surface area contributed by atoms with Crippen molar-refractivity contribution in [1.29, 1.82) is 0 Å².